The lowest BCUT2D eigenvalue weighted by atomic mass is 9.95. The molecule has 0 aromatic heterocycles. The number of nitro benzene ring substituents is 1. The van der Waals surface area contributed by atoms with Gasteiger partial charge in [-0.05, 0) is 25.0 Å². The van der Waals surface area contributed by atoms with Gasteiger partial charge in [-0.3, -0.25) is 14.9 Å². The van der Waals surface area contributed by atoms with Gasteiger partial charge in [-0.2, -0.15) is 4.31 Å². The van der Waals surface area contributed by atoms with E-state index in [4.69, 9.17) is 4.74 Å². The summed E-state index contributed by atoms with van der Waals surface area (Å²) in [6.07, 6.45) is 1.20. The van der Waals surface area contributed by atoms with Gasteiger partial charge in [0.1, 0.15) is 5.69 Å². The highest BCUT2D eigenvalue weighted by molar-refractivity contribution is 7.89. The van der Waals surface area contributed by atoms with Crippen LogP contribution in [0.2, 0.25) is 0 Å². The van der Waals surface area contributed by atoms with Crippen LogP contribution < -0.4 is 4.90 Å². The molecule has 1 amide bonds. The molecule has 0 radical (unpaired) electrons. The first-order valence-electron chi connectivity index (χ1n) is 9.54. The number of rotatable bonds is 5. The molecule has 2 aliphatic rings. The third-order valence-electron chi connectivity index (χ3n) is 5.38. The van der Waals surface area contributed by atoms with Gasteiger partial charge < -0.3 is 14.5 Å². The molecule has 2 heterocycles. The van der Waals surface area contributed by atoms with Crippen molar-refractivity contribution in [2.24, 2.45) is 5.92 Å². The molecule has 0 N–H and O–H groups in total. The van der Waals surface area contributed by atoms with Gasteiger partial charge in [0.2, 0.25) is 15.9 Å². The second-order valence-electron chi connectivity index (χ2n) is 7.42. The maximum absolute atomic E-state index is 12.8. The van der Waals surface area contributed by atoms with E-state index in [0.717, 1.165) is 6.07 Å². The van der Waals surface area contributed by atoms with E-state index in [-0.39, 0.29) is 35.5 Å². The maximum Gasteiger partial charge on any atom is 0.293 e. The lowest BCUT2D eigenvalue weighted by Gasteiger charge is -2.33. The highest BCUT2D eigenvalue weighted by Gasteiger charge is 2.32. The van der Waals surface area contributed by atoms with Gasteiger partial charge in [-0.25, -0.2) is 8.42 Å². The minimum atomic E-state index is -3.81. The van der Waals surface area contributed by atoms with E-state index in [1.54, 1.807) is 19.0 Å². The van der Waals surface area contributed by atoms with Crippen LogP contribution in [-0.2, 0) is 19.6 Å². The number of amides is 1. The predicted octanol–water partition coefficient (Wildman–Crippen LogP) is 0.920. The molecule has 0 aliphatic carbocycles. The molecule has 2 saturated heterocycles. The van der Waals surface area contributed by atoms with E-state index in [2.05, 4.69) is 0 Å². The van der Waals surface area contributed by atoms with Crippen molar-refractivity contribution in [3.8, 4) is 0 Å². The number of nitro groups is 1. The minimum absolute atomic E-state index is 0.0612. The van der Waals surface area contributed by atoms with Gasteiger partial charge in [-0.1, -0.05) is 0 Å². The van der Waals surface area contributed by atoms with Gasteiger partial charge in [-0.15, -0.1) is 0 Å². The van der Waals surface area contributed by atoms with E-state index in [9.17, 15) is 23.3 Å². The topological polar surface area (TPSA) is 113 Å². The van der Waals surface area contributed by atoms with Crippen molar-refractivity contribution >= 4 is 27.3 Å². The SMILES string of the molecule is CN(C)C(=O)C1CCN(c2ccc(S(=O)(=O)N3CCOCC3)cc2[N+](=O)[O-])CC1. The van der Waals surface area contributed by atoms with E-state index in [1.165, 1.54) is 16.4 Å². The molecule has 2 fully saturated rings. The normalized spacial score (nSPS) is 19.2. The zero-order chi connectivity index (χ0) is 21.2. The summed E-state index contributed by atoms with van der Waals surface area (Å²) in [7, 11) is -0.384. The Hall–Kier alpha value is -2.24. The van der Waals surface area contributed by atoms with Gasteiger partial charge >= 0.3 is 0 Å². The number of benzene rings is 1. The Kier molecular flexibility index (Phi) is 6.39. The first kappa shape index (κ1) is 21.5. The summed E-state index contributed by atoms with van der Waals surface area (Å²) < 4.78 is 32.1. The second kappa shape index (κ2) is 8.64. The predicted molar refractivity (Wildman–Crippen MR) is 106 cm³/mol. The number of piperidine rings is 1. The molecule has 0 spiro atoms. The standard InChI is InChI=1S/C18H26N4O6S/c1-19(2)18(23)14-5-7-20(8-6-14)16-4-3-15(13-17(16)22(24)25)29(26,27)21-9-11-28-12-10-21/h3-4,13-14H,5-12H2,1-2H3. The maximum atomic E-state index is 12.8. The van der Waals surface area contributed by atoms with Crippen LogP contribution in [0, 0.1) is 16.0 Å². The Morgan fingerprint density at radius 2 is 1.79 bits per heavy atom. The summed E-state index contributed by atoms with van der Waals surface area (Å²) in [5.74, 6) is -0.0348. The fourth-order valence-corrected chi connectivity index (χ4v) is 5.17. The fraction of sp³-hybridized carbons (Fsp3) is 0.611. The molecular formula is C18H26N4O6S. The average molecular weight is 426 g/mol. The number of morpholine rings is 1. The number of hydrogen-bond acceptors (Lipinski definition) is 7. The van der Waals surface area contributed by atoms with Crippen molar-refractivity contribution < 1.29 is 22.9 Å². The first-order valence-corrected chi connectivity index (χ1v) is 11.0. The molecule has 11 heteroatoms. The Labute approximate surface area is 170 Å². The number of ether oxygens (including phenoxy) is 1. The molecule has 0 unspecified atom stereocenters. The van der Waals surface area contributed by atoms with Crippen molar-refractivity contribution in [3.63, 3.8) is 0 Å². The van der Waals surface area contributed by atoms with Crippen molar-refractivity contribution in [2.75, 3.05) is 58.4 Å². The molecule has 3 rings (SSSR count). The zero-order valence-corrected chi connectivity index (χ0v) is 17.4. The van der Waals surface area contributed by atoms with Crippen LogP contribution in [0.5, 0.6) is 0 Å². The quantitative estimate of drug-likeness (QED) is 0.508. The van der Waals surface area contributed by atoms with Crippen molar-refractivity contribution in [1.29, 1.82) is 0 Å². The summed E-state index contributed by atoms with van der Waals surface area (Å²) >= 11 is 0. The van der Waals surface area contributed by atoms with E-state index in [0.29, 0.717) is 44.8 Å². The highest BCUT2D eigenvalue weighted by Crippen LogP contribution is 2.34. The Bertz CT molecular complexity index is 874. The largest absolute Gasteiger partial charge is 0.379 e. The average Bonchev–Trinajstić information content (AvgIpc) is 2.73. The Morgan fingerprint density at radius 1 is 1.17 bits per heavy atom. The summed E-state index contributed by atoms with van der Waals surface area (Å²) in [5.41, 5.74) is 0.142. The van der Waals surface area contributed by atoms with Crippen molar-refractivity contribution in [3.05, 3.63) is 28.3 Å². The monoisotopic (exact) mass is 426 g/mol. The molecule has 1 aromatic rings. The van der Waals surface area contributed by atoms with Crippen LogP contribution in [0.1, 0.15) is 12.8 Å². The molecule has 2 aliphatic heterocycles. The van der Waals surface area contributed by atoms with Crippen LogP contribution in [0.25, 0.3) is 0 Å². The van der Waals surface area contributed by atoms with Crippen LogP contribution in [0.3, 0.4) is 0 Å². The third-order valence-corrected chi connectivity index (χ3v) is 7.27. The fourth-order valence-electron chi connectivity index (χ4n) is 3.75. The van der Waals surface area contributed by atoms with Gasteiger partial charge in [0.15, 0.2) is 0 Å². The second-order valence-corrected chi connectivity index (χ2v) is 9.36. The first-order chi connectivity index (χ1) is 13.7. The van der Waals surface area contributed by atoms with Crippen molar-refractivity contribution in [1.82, 2.24) is 9.21 Å². The summed E-state index contributed by atoms with van der Waals surface area (Å²) in [5, 5.41) is 11.7. The summed E-state index contributed by atoms with van der Waals surface area (Å²) in [4.78, 5) is 26.6. The van der Waals surface area contributed by atoms with E-state index >= 15 is 0 Å². The van der Waals surface area contributed by atoms with E-state index < -0.39 is 14.9 Å². The molecular weight excluding hydrogens is 400 g/mol. The van der Waals surface area contributed by atoms with Crippen LogP contribution in [0.15, 0.2) is 23.1 Å². The molecule has 0 saturated carbocycles. The molecule has 0 bridgehead atoms. The number of anilines is 1. The number of carbonyl (C=O) groups excluding carboxylic acids is 1. The zero-order valence-electron chi connectivity index (χ0n) is 16.6. The Balaban J connectivity index is 1.82. The minimum Gasteiger partial charge on any atom is -0.379 e. The lowest BCUT2D eigenvalue weighted by Crippen LogP contribution is -2.41. The Morgan fingerprint density at radius 3 is 2.34 bits per heavy atom. The van der Waals surface area contributed by atoms with Crippen LogP contribution in [-0.4, -0.2) is 81.9 Å². The van der Waals surface area contributed by atoms with Gasteiger partial charge in [0, 0.05) is 52.3 Å². The van der Waals surface area contributed by atoms with Gasteiger partial charge in [0.25, 0.3) is 5.69 Å². The number of nitrogens with zero attached hydrogens (tertiary/aromatic N) is 4. The number of sulfonamides is 1. The summed E-state index contributed by atoms with van der Waals surface area (Å²) in [6.45, 7) is 2.07. The molecule has 0 atom stereocenters. The number of hydrogen-bond donors (Lipinski definition) is 0. The van der Waals surface area contributed by atoms with Crippen LogP contribution in [0.4, 0.5) is 11.4 Å². The van der Waals surface area contributed by atoms with Crippen molar-refractivity contribution in [2.45, 2.75) is 17.7 Å². The highest BCUT2D eigenvalue weighted by atomic mass is 32.2. The van der Waals surface area contributed by atoms with Gasteiger partial charge in [0.05, 0.1) is 23.0 Å². The smallest absolute Gasteiger partial charge is 0.293 e. The number of carbonyl (C=O) groups is 1. The molecule has 29 heavy (non-hydrogen) atoms. The van der Waals surface area contributed by atoms with Crippen LogP contribution >= 0.6 is 0 Å². The molecule has 10 nitrogen and oxygen atoms in total. The molecule has 160 valence electrons. The molecule has 1 aromatic carbocycles. The lowest BCUT2D eigenvalue weighted by molar-refractivity contribution is -0.384. The third kappa shape index (κ3) is 4.51. The summed E-state index contributed by atoms with van der Waals surface area (Å²) in [6, 6.07) is 4.06. The van der Waals surface area contributed by atoms with E-state index in [1.807, 2.05) is 4.90 Å².